The highest BCUT2D eigenvalue weighted by atomic mass is 32.2. The Balaban J connectivity index is 1.83. The Hall–Kier alpha value is -1.42. The fraction of sp³-hybridized carbons (Fsp3) is 0.182. The standard InChI is InChI=1S/C11H12N2OS/c12-11-6-9(3-4-13-11)7-15-8-10-2-1-5-14-10/h1-6H,7-8H2,(H2,12,13). The van der Waals surface area contributed by atoms with E-state index in [1.165, 1.54) is 5.56 Å². The minimum Gasteiger partial charge on any atom is -0.468 e. The Morgan fingerprint density at radius 1 is 1.33 bits per heavy atom. The second-order valence-electron chi connectivity index (χ2n) is 3.16. The van der Waals surface area contributed by atoms with E-state index in [0.29, 0.717) is 5.82 Å². The van der Waals surface area contributed by atoms with Gasteiger partial charge >= 0.3 is 0 Å². The molecule has 2 rings (SSSR count). The van der Waals surface area contributed by atoms with Crippen molar-refractivity contribution in [2.45, 2.75) is 11.5 Å². The molecule has 2 aromatic heterocycles. The van der Waals surface area contributed by atoms with Crippen LogP contribution in [0, 0.1) is 0 Å². The third-order valence-electron chi connectivity index (χ3n) is 1.94. The van der Waals surface area contributed by atoms with E-state index in [1.54, 1.807) is 24.2 Å². The lowest BCUT2D eigenvalue weighted by Gasteiger charge is -2.00. The van der Waals surface area contributed by atoms with Crippen LogP contribution < -0.4 is 5.73 Å². The highest BCUT2D eigenvalue weighted by molar-refractivity contribution is 7.97. The minimum atomic E-state index is 0.575. The van der Waals surface area contributed by atoms with Gasteiger partial charge in [-0.1, -0.05) is 0 Å². The SMILES string of the molecule is Nc1cc(CSCc2ccco2)ccn1. The molecule has 3 nitrogen and oxygen atoms in total. The molecule has 4 heteroatoms. The van der Waals surface area contributed by atoms with Crippen LogP contribution in [0.1, 0.15) is 11.3 Å². The average Bonchev–Trinajstić information content (AvgIpc) is 2.71. The van der Waals surface area contributed by atoms with Crippen molar-refractivity contribution in [1.82, 2.24) is 4.98 Å². The fourth-order valence-electron chi connectivity index (χ4n) is 1.25. The van der Waals surface area contributed by atoms with Gasteiger partial charge in [-0.05, 0) is 29.8 Å². The molecule has 0 radical (unpaired) electrons. The van der Waals surface area contributed by atoms with Crippen LogP contribution in [0.4, 0.5) is 5.82 Å². The van der Waals surface area contributed by atoms with Gasteiger partial charge in [-0.3, -0.25) is 0 Å². The van der Waals surface area contributed by atoms with E-state index >= 15 is 0 Å². The number of hydrogen-bond acceptors (Lipinski definition) is 4. The van der Waals surface area contributed by atoms with Gasteiger partial charge in [-0.15, -0.1) is 11.8 Å². The van der Waals surface area contributed by atoms with Gasteiger partial charge in [0.1, 0.15) is 11.6 Å². The number of pyridine rings is 1. The minimum absolute atomic E-state index is 0.575. The lowest BCUT2D eigenvalue weighted by molar-refractivity contribution is 0.530. The molecule has 0 aliphatic heterocycles. The van der Waals surface area contributed by atoms with Crippen molar-refractivity contribution in [3.05, 3.63) is 48.0 Å². The highest BCUT2D eigenvalue weighted by Gasteiger charge is 1.98. The molecule has 15 heavy (non-hydrogen) atoms. The Labute approximate surface area is 92.7 Å². The second-order valence-corrected chi connectivity index (χ2v) is 4.15. The lowest BCUT2D eigenvalue weighted by Crippen LogP contribution is -1.91. The maximum absolute atomic E-state index is 5.59. The first-order chi connectivity index (χ1) is 7.34. The summed E-state index contributed by atoms with van der Waals surface area (Å²) in [5.74, 6) is 3.39. The molecule has 2 N–H and O–H groups in total. The number of rotatable bonds is 4. The van der Waals surface area contributed by atoms with E-state index in [1.807, 2.05) is 24.3 Å². The van der Waals surface area contributed by atoms with E-state index in [2.05, 4.69) is 4.98 Å². The van der Waals surface area contributed by atoms with Crippen LogP contribution in [0.3, 0.4) is 0 Å². The number of thioether (sulfide) groups is 1. The van der Waals surface area contributed by atoms with Crippen molar-refractivity contribution >= 4 is 17.6 Å². The second kappa shape index (κ2) is 4.89. The zero-order valence-electron chi connectivity index (χ0n) is 8.22. The number of furan rings is 1. The average molecular weight is 220 g/mol. The monoisotopic (exact) mass is 220 g/mol. The third kappa shape index (κ3) is 3.02. The van der Waals surface area contributed by atoms with Gasteiger partial charge < -0.3 is 10.2 Å². The molecule has 78 valence electrons. The quantitative estimate of drug-likeness (QED) is 0.860. The van der Waals surface area contributed by atoms with Gasteiger partial charge in [-0.25, -0.2) is 4.98 Å². The summed E-state index contributed by atoms with van der Waals surface area (Å²) in [5.41, 5.74) is 6.78. The molecule has 0 spiro atoms. The Morgan fingerprint density at radius 2 is 2.27 bits per heavy atom. The molecule has 0 bridgehead atoms. The molecule has 0 saturated heterocycles. The molecular weight excluding hydrogens is 208 g/mol. The number of hydrogen-bond donors (Lipinski definition) is 1. The predicted octanol–water partition coefficient (Wildman–Crippen LogP) is 2.69. The summed E-state index contributed by atoms with van der Waals surface area (Å²) in [4.78, 5) is 3.95. The molecule has 0 unspecified atom stereocenters. The van der Waals surface area contributed by atoms with E-state index in [4.69, 9.17) is 10.2 Å². The van der Waals surface area contributed by atoms with Gasteiger partial charge in [0.15, 0.2) is 0 Å². The summed E-state index contributed by atoms with van der Waals surface area (Å²) >= 11 is 1.80. The van der Waals surface area contributed by atoms with Crippen LogP contribution in [-0.4, -0.2) is 4.98 Å². The van der Waals surface area contributed by atoms with Crippen molar-refractivity contribution in [3.63, 3.8) is 0 Å². The Morgan fingerprint density at radius 3 is 3.00 bits per heavy atom. The van der Waals surface area contributed by atoms with E-state index < -0.39 is 0 Å². The van der Waals surface area contributed by atoms with Gasteiger partial charge in [0.2, 0.25) is 0 Å². The summed E-state index contributed by atoms with van der Waals surface area (Å²) < 4.78 is 5.24. The molecule has 2 heterocycles. The first kappa shape index (κ1) is 10.1. The first-order valence-electron chi connectivity index (χ1n) is 4.65. The van der Waals surface area contributed by atoms with E-state index in [-0.39, 0.29) is 0 Å². The molecule has 0 aliphatic rings. The zero-order valence-corrected chi connectivity index (χ0v) is 9.04. The summed E-state index contributed by atoms with van der Waals surface area (Å²) in [6.07, 6.45) is 3.43. The number of nitrogens with two attached hydrogens (primary N) is 1. The van der Waals surface area contributed by atoms with Crippen molar-refractivity contribution in [3.8, 4) is 0 Å². The van der Waals surface area contributed by atoms with Crippen LogP contribution in [-0.2, 0) is 11.5 Å². The summed E-state index contributed by atoms with van der Waals surface area (Å²) in [6, 6.07) is 7.76. The number of nitrogen functional groups attached to an aromatic ring is 1. The van der Waals surface area contributed by atoms with E-state index in [0.717, 1.165) is 17.3 Å². The van der Waals surface area contributed by atoms with Crippen molar-refractivity contribution < 1.29 is 4.42 Å². The van der Waals surface area contributed by atoms with Gasteiger partial charge in [0.25, 0.3) is 0 Å². The maximum atomic E-state index is 5.59. The summed E-state index contributed by atoms with van der Waals surface area (Å²) in [5, 5.41) is 0. The molecule has 2 aromatic rings. The molecular formula is C11H12N2OS. The van der Waals surface area contributed by atoms with E-state index in [9.17, 15) is 0 Å². The van der Waals surface area contributed by atoms with Crippen LogP contribution in [0.25, 0.3) is 0 Å². The molecule has 0 atom stereocenters. The number of aromatic nitrogens is 1. The maximum Gasteiger partial charge on any atom is 0.123 e. The zero-order chi connectivity index (χ0) is 10.5. The topological polar surface area (TPSA) is 52.0 Å². The molecule has 0 aliphatic carbocycles. The van der Waals surface area contributed by atoms with Crippen molar-refractivity contribution in [1.29, 1.82) is 0 Å². The van der Waals surface area contributed by atoms with Crippen LogP contribution in [0.5, 0.6) is 0 Å². The molecule has 0 aromatic carbocycles. The van der Waals surface area contributed by atoms with Crippen LogP contribution in [0.15, 0.2) is 41.1 Å². The van der Waals surface area contributed by atoms with Crippen molar-refractivity contribution in [2.75, 3.05) is 5.73 Å². The normalized spacial score (nSPS) is 10.4. The summed E-state index contributed by atoms with van der Waals surface area (Å²) in [6.45, 7) is 0. The predicted molar refractivity (Wildman–Crippen MR) is 62.4 cm³/mol. The fourth-order valence-corrected chi connectivity index (χ4v) is 2.13. The molecule has 0 amide bonds. The van der Waals surface area contributed by atoms with Gasteiger partial charge in [0.05, 0.1) is 12.0 Å². The van der Waals surface area contributed by atoms with Gasteiger partial charge in [0, 0.05) is 11.9 Å². The lowest BCUT2D eigenvalue weighted by atomic mass is 10.3. The van der Waals surface area contributed by atoms with Gasteiger partial charge in [-0.2, -0.15) is 0 Å². The largest absolute Gasteiger partial charge is 0.468 e. The van der Waals surface area contributed by atoms with Crippen molar-refractivity contribution in [2.24, 2.45) is 0 Å². The Kier molecular flexibility index (Phi) is 3.29. The molecule has 0 fully saturated rings. The van der Waals surface area contributed by atoms with Crippen LogP contribution >= 0.6 is 11.8 Å². The molecule has 0 saturated carbocycles. The third-order valence-corrected chi connectivity index (χ3v) is 2.96. The Bertz CT molecular complexity index is 414. The smallest absolute Gasteiger partial charge is 0.123 e. The highest BCUT2D eigenvalue weighted by Crippen LogP contribution is 2.18. The first-order valence-corrected chi connectivity index (χ1v) is 5.80. The number of nitrogens with zero attached hydrogens (tertiary/aromatic N) is 1. The summed E-state index contributed by atoms with van der Waals surface area (Å²) in [7, 11) is 0. The number of anilines is 1. The van der Waals surface area contributed by atoms with Crippen LogP contribution in [0.2, 0.25) is 0 Å².